The van der Waals surface area contributed by atoms with Crippen LogP contribution in [-0.2, 0) is 22.4 Å². The van der Waals surface area contributed by atoms with Crippen molar-refractivity contribution in [2.75, 3.05) is 14.1 Å². The summed E-state index contributed by atoms with van der Waals surface area (Å²) in [5.41, 5.74) is 1.35. The molecule has 10 nitrogen and oxygen atoms in total. The lowest BCUT2D eigenvalue weighted by molar-refractivity contribution is -0.141. The number of nitrogens with zero attached hydrogens (tertiary/aromatic N) is 3. The number of benzene rings is 2. The van der Waals surface area contributed by atoms with Gasteiger partial charge in [0.1, 0.15) is 30.3 Å². The third-order valence-corrected chi connectivity index (χ3v) is 16.1. The van der Waals surface area contributed by atoms with E-state index >= 15 is 9.59 Å². The number of aliphatic hydroxyl groups is 1. The number of fused-ring (bicyclic) bond motifs is 4. The third kappa shape index (κ3) is 5.70. The highest BCUT2D eigenvalue weighted by Crippen LogP contribution is 2.60. The van der Waals surface area contributed by atoms with E-state index in [1.54, 1.807) is 12.4 Å². The fraction of sp³-hybridized carbons (Fsp3) is 0.415. The molecule has 0 unspecified atom stereocenters. The highest BCUT2D eigenvalue weighted by Gasteiger charge is 2.69. The van der Waals surface area contributed by atoms with E-state index in [0.717, 1.165) is 16.7 Å². The van der Waals surface area contributed by atoms with Gasteiger partial charge in [0.25, 0.3) is 5.88 Å². The maximum absolute atomic E-state index is 15.7. The maximum atomic E-state index is 15.7. The molecule has 0 spiro atoms. The Balaban J connectivity index is 1.40. The third-order valence-electron chi connectivity index (χ3n) is 11.6. The fourth-order valence-electron chi connectivity index (χ4n) is 7.92. The number of rotatable bonds is 9. The average molecular weight is 722 g/mol. The molecule has 3 aliphatic carbocycles. The molecule has 0 aliphatic heterocycles. The lowest BCUT2D eigenvalue weighted by Gasteiger charge is -2.55. The highest BCUT2D eigenvalue weighted by atomic mass is 28.4. The molecule has 5 atom stereocenters. The van der Waals surface area contributed by atoms with Crippen molar-refractivity contribution in [3.05, 3.63) is 112 Å². The van der Waals surface area contributed by atoms with Gasteiger partial charge in [-0.3, -0.25) is 19.5 Å². The fourth-order valence-corrected chi connectivity index (χ4v) is 9.36. The Kier molecular flexibility index (Phi) is 9.04. The zero-order valence-corrected chi connectivity index (χ0v) is 32.1. The largest absolute Gasteiger partial charge is 0.507 e. The van der Waals surface area contributed by atoms with Crippen LogP contribution in [0, 0.1) is 11.8 Å². The van der Waals surface area contributed by atoms with Crippen LogP contribution in [0.15, 0.2) is 83.2 Å². The molecule has 272 valence electrons. The van der Waals surface area contributed by atoms with Crippen LogP contribution in [0.4, 0.5) is 0 Å². The summed E-state index contributed by atoms with van der Waals surface area (Å²) in [5, 5.41) is 16.2. The topological polar surface area (TPSA) is 124 Å². The highest BCUT2D eigenvalue weighted by molar-refractivity contribution is 6.74. The zero-order valence-electron chi connectivity index (χ0n) is 31.1. The Hall–Kier alpha value is -4.58. The van der Waals surface area contributed by atoms with Crippen molar-refractivity contribution < 1.29 is 33.1 Å². The number of aromatic nitrogens is 2. The zero-order chi connectivity index (χ0) is 37.2. The Morgan fingerprint density at radius 2 is 1.54 bits per heavy atom. The van der Waals surface area contributed by atoms with Crippen molar-refractivity contribution in [3.63, 3.8) is 0 Å². The molecule has 11 heteroatoms. The van der Waals surface area contributed by atoms with Crippen LogP contribution in [0.2, 0.25) is 18.1 Å². The second kappa shape index (κ2) is 13.1. The summed E-state index contributed by atoms with van der Waals surface area (Å²) in [4.78, 5) is 37.5. The number of Topliss-reactive ketones (excluding diaryl/α,β-unsaturated/α-hetero) is 2. The first-order valence-electron chi connectivity index (χ1n) is 17.9. The maximum Gasteiger partial charge on any atom is 0.265 e. The van der Waals surface area contributed by atoms with Gasteiger partial charge in [-0.05, 0) is 72.3 Å². The summed E-state index contributed by atoms with van der Waals surface area (Å²) in [6, 6.07) is 18.7. The summed E-state index contributed by atoms with van der Waals surface area (Å²) >= 11 is 0. The van der Waals surface area contributed by atoms with E-state index in [-0.39, 0.29) is 46.9 Å². The van der Waals surface area contributed by atoms with Crippen LogP contribution in [0.25, 0.3) is 5.76 Å². The Morgan fingerprint density at radius 3 is 2.13 bits per heavy atom. The first kappa shape index (κ1) is 35.8. The van der Waals surface area contributed by atoms with Crippen molar-refractivity contribution in [2.45, 2.75) is 83.0 Å². The molecule has 2 heterocycles. The van der Waals surface area contributed by atoms with Crippen LogP contribution >= 0.6 is 0 Å². The Bertz CT molecular complexity index is 2040. The van der Waals surface area contributed by atoms with Crippen molar-refractivity contribution in [1.29, 1.82) is 0 Å². The van der Waals surface area contributed by atoms with Crippen LogP contribution in [0.3, 0.4) is 0 Å². The second-order valence-corrected chi connectivity index (χ2v) is 20.8. The summed E-state index contributed by atoms with van der Waals surface area (Å²) in [5.74, 6) is -1.86. The van der Waals surface area contributed by atoms with Crippen LogP contribution < -0.4 is 9.47 Å². The van der Waals surface area contributed by atoms with E-state index in [0.29, 0.717) is 23.5 Å². The molecule has 0 radical (unpaired) electrons. The molecule has 0 bridgehead atoms. The quantitative estimate of drug-likeness (QED) is 0.134. The number of carbonyl (C=O) groups excluding carboxylic acids is 2. The van der Waals surface area contributed by atoms with Crippen molar-refractivity contribution in [2.24, 2.45) is 11.8 Å². The van der Waals surface area contributed by atoms with Gasteiger partial charge in [-0.2, -0.15) is 0 Å². The second-order valence-electron chi connectivity index (χ2n) is 16.0. The van der Waals surface area contributed by atoms with Gasteiger partial charge in [-0.1, -0.05) is 88.4 Å². The van der Waals surface area contributed by atoms with Crippen LogP contribution in [0.1, 0.15) is 84.4 Å². The minimum Gasteiger partial charge on any atom is -0.507 e. The number of hydrogen-bond donors (Lipinski definition) is 1. The van der Waals surface area contributed by atoms with Gasteiger partial charge >= 0.3 is 0 Å². The normalized spacial score (nSPS) is 24.2. The Morgan fingerprint density at radius 1 is 0.923 bits per heavy atom. The van der Waals surface area contributed by atoms with E-state index < -0.39 is 43.4 Å². The summed E-state index contributed by atoms with van der Waals surface area (Å²) < 4.78 is 25.7. The van der Waals surface area contributed by atoms with E-state index in [1.807, 2.05) is 99.7 Å². The van der Waals surface area contributed by atoms with Gasteiger partial charge in [-0.15, -0.1) is 0 Å². The van der Waals surface area contributed by atoms with Gasteiger partial charge in [0, 0.05) is 17.7 Å². The average Bonchev–Trinajstić information content (AvgIpc) is 3.53. The van der Waals surface area contributed by atoms with Gasteiger partial charge in [0.2, 0.25) is 11.6 Å². The minimum atomic E-state index is -2.87. The lowest BCUT2D eigenvalue weighted by Crippen LogP contribution is -2.68. The lowest BCUT2D eigenvalue weighted by atomic mass is 9.55. The van der Waals surface area contributed by atoms with E-state index in [1.165, 1.54) is 0 Å². The molecule has 2 aromatic heterocycles. The van der Waals surface area contributed by atoms with E-state index in [2.05, 4.69) is 30.9 Å². The standard InChI is InChI=1S/C41H47N3O7Si/c1-24-27-19-29-34(44(5)6)36-33(39(43-50-36)49-23-26-17-13-10-14-18-26)38(47)41(29,51-52(7,8)40(2,3)4)37(46)32(27)35(45)31-28(24)20-42-21-30(31)48-22-25-15-11-9-12-16-25/h9-18,20-21,24,27,29,34,45H,19,22-23H2,1-8H3/t24-,27-,29+,34+,41+/m1/s1. The van der Waals surface area contributed by atoms with Gasteiger partial charge in [-0.25, -0.2) is 0 Å². The number of ketones is 2. The first-order valence-corrected chi connectivity index (χ1v) is 20.8. The first-order chi connectivity index (χ1) is 24.7. The molecule has 0 amide bonds. The molecule has 1 N–H and O–H groups in total. The van der Waals surface area contributed by atoms with Gasteiger partial charge in [0.15, 0.2) is 19.7 Å². The van der Waals surface area contributed by atoms with Gasteiger partial charge in [0.05, 0.1) is 17.8 Å². The number of hydrogen-bond acceptors (Lipinski definition) is 10. The molecule has 1 saturated carbocycles. The molecule has 4 aromatic rings. The molecule has 1 fully saturated rings. The summed E-state index contributed by atoms with van der Waals surface area (Å²) in [6.07, 6.45) is 3.67. The molecule has 3 aliphatic rings. The predicted molar refractivity (Wildman–Crippen MR) is 199 cm³/mol. The monoisotopic (exact) mass is 721 g/mol. The number of ether oxygens (including phenoxy) is 2. The number of aliphatic hydroxyl groups excluding tert-OH is 1. The molecule has 7 rings (SSSR count). The van der Waals surface area contributed by atoms with Crippen molar-refractivity contribution in [1.82, 2.24) is 15.0 Å². The van der Waals surface area contributed by atoms with Gasteiger partial charge < -0.3 is 23.5 Å². The summed E-state index contributed by atoms with van der Waals surface area (Å²) in [6.45, 7) is 12.8. The Labute approximate surface area is 305 Å². The van der Waals surface area contributed by atoms with Crippen LogP contribution in [-0.4, -0.2) is 59.7 Å². The van der Waals surface area contributed by atoms with Crippen molar-refractivity contribution >= 4 is 25.6 Å². The molecule has 0 saturated heterocycles. The molecular formula is C41H47N3O7Si. The summed E-state index contributed by atoms with van der Waals surface area (Å²) in [7, 11) is 0.942. The van der Waals surface area contributed by atoms with E-state index in [9.17, 15) is 5.11 Å². The van der Waals surface area contributed by atoms with Crippen molar-refractivity contribution in [3.8, 4) is 11.6 Å². The minimum absolute atomic E-state index is 0.0190. The number of pyridine rings is 1. The van der Waals surface area contributed by atoms with E-state index in [4.69, 9.17) is 18.4 Å². The van der Waals surface area contributed by atoms with Crippen LogP contribution in [0.5, 0.6) is 11.6 Å². The molecular weight excluding hydrogens is 675 g/mol. The molecule has 52 heavy (non-hydrogen) atoms. The predicted octanol–water partition coefficient (Wildman–Crippen LogP) is 8.08. The molecule has 2 aromatic carbocycles. The number of carbonyl (C=O) groups is 2. The SMILES string of the molecule is C[C@H]1c2cncc(OCc3ccccc3)c2C(O)=C2C(=O)[C@]3(O[Si](C)(C)C(C)(C)C)C(=O)c4c(OCc5ccccc5)noc4[C@@H](N(C)C)[C@@H]3C[C@@H]21. The smallest absolute Gasteiger partial charge is 0.265 e.